The predicted octanol–water partition coefficient (Wildman–Crippen LogP) is 3.10. The van der Waals surface area contributed by atoms with Gasteiger partial charge in [0.05, 0.1) is 6.54 Å². The Kier molecular flexibility index (Phi) is 8.55. The number of hydrogen-bond donors (Lipinski definition) is 2. The number of aliphatic imine (C=N–C) groups is 1. The molecule has 3 rings (SSSR count). The van der Waals surface area contributed by atoms with Crippen LogP contribution in [0.4, 0.5) is 8.78 Å². The van der Waals surface area contributed by atoms with E-state index in [-0.39, 0.29) is 43.1 Å². The molecule has 2 aromatic rings. The molecule has 6 nitrogen and oxygen atoms in total. The largest absolute Gasteiger partial charge is 0.492 e. The van der Waals surface area contributed by atoms with Gasteiger partial charge in [-0.1, -0.05) is 6.07 Å². The van der Waals surface area contributed by atoms with Gasteiger partial charge in [-0.3, -0.25) is 4.99 Å². The summed E-state index contributed by atoms with van der Waals surface area (Å²) in [5.74, 6) is 0.620. The highest BCUT2D eigenvalue weighted by Gasteiger charge is 2.13. The number of nitrogens with zero attached hydrogens (tertiary/aromatic N) is 1. The number of nitrogens with one attached hydrogen (secondary N) is 2. The maximum atomic E-state index is 13.1. The third-order valence-electron chi connectivity index (χ3n) is 3.92. The van der Waals surface area contributed by atoms with Crippen LogP contribution in [0.1, 0.15) is 5.56 Å². The topological polar surface area (TPSA) is 64.1 Å². The van der Waals surface area contributed by atoms with Crippen molar-refractivity contribution in [2.75, 3.05) is 33.5 Å². The highest BCUT2D eigenvalue weighted by molar-refractivity contribution is 14.0. The molecule has 9 heteroatoms. The fourth-order valence-electron chi connectivity index (χ4n) is 2.55. The fourth-order valence-corrected chi connectivity index (χ4v) is 2.55. The van der Waals surface area contributed by atoms with E-state index in [2.05, 4.69) is 15.6 Å². The second-order valence-electron chi connectivity index (χ2n) is 5.79. The molecule has 0 saturated heterocycles. The highest BCUT2D eigenvalue weighted by atomic mass is 127. The van der Waals surface area contributed by atoms with Crippen LogP contribution in [-0.2, 0) is 6.42 Å². The Morgan fingerprint density at radius 2 is 1.82 bits per heavy atom. The average molecular weight is 505 g/mol. The molecule has 0 unspecified atom stereocenters. The minimum absolute atomic E-state index is 0. The van der Waals surface area contributed by atoms with E-state index in [1.807, 2.05) is 18.2 Å². The van der Waals surface area contributed by atoms with Crippen molar-refractivity contribution in [1.82, 2.24) is 10.6 Å². The van der Waals surface area contributed by atoms with Crippen LogP contribution in [0.15, 0.2) is 41.4 Å². The van der Waals surface area contributed by atoms with Crippen molar-refractivity contribution >= 4 is 29.9 Å². The first-order valence-electron chi connectivity index (χ1n) is 8.56. The van der Waals surface area contributed by atoms with Crippen LogP contribution in [0.2, 0.25) is 0 Å². The molecule has 0 aromatic heterocycles. The van der Waals surface area contributed by atoms with Crippen molar-refractivity contribution in [3.8, 4) is 17.2 Å². The van der Waals surface area contributed by atoms with Crippen LogP contribution in [0.5, 0.6) is 17.2 Å². The van der Waals surface area contributed by atoms with Gasteiger partial charge in [0.2, 0.25) is 6.79 Å². The number of guanidine groups is 1. The second-order valence-corrected chi connectivity index (χ2v) is 5.79. The summed E-state index contributed by atoms with van der Waals surface area (Å²) in [6.45, 7) is 1.69. The number of rotatable bonds is 7. The molecule has 0 aliphatic carbocycles. The molecular weight excluding hydrogens is 483 g/mol. The van der Waals surface area contributed by atoms with Gasteiger partial charge >= 0.3 is 0 Å². The first kappa shape index (κ1) is 22.0. The number of benzene rings is 2. The van der Waals surface area contributed by atoms with Crippen LogP contribution < -0.4 is 24.8 Å². The van der Waals surface area contributed by atoms with Crippen molar-refractivity contribution in [3.05, 3.63) is 53.6 Å². The van der Waals surface area contributed by atoms with E-state index in [1.165, 1.54) is 6.07 Å². The highest BCUT2D eigenvalue weighted by Crippen LogP contribution is 2.32. The molecule has 28 heavy (non-hydrogen) atoms. The van der Waals surface area contributed by atoms with E-state index in [9.17, 15) is 8.78 Å². The van der Waals surface area contributed by atoms with Gasteiger partial charge in [0.25, 0.3) is 0 Å². The van der Waals surface area contributed by atoms with Gasteiger partial charge in [0.15, 0.2) is 29.1 Å². The van der Waals surface area contributed by atoms with Gasteiger partial charge in [0, 0.05) is 19.7 Å². The lowest BCUT2D eigenvalue weighted by Crippen LogP contribution is -2.40. The Labute approximate surface area is 179 Å². The average Bonchev–Trinajstić information content (AvgIpc) is 3.14. The zero-order chi connectivity index (χ0) is 19.1. The van der Waals surface area contributed by atoms with Gasteiger partial charge in [-0.2, -0.15) is 0 Å². The molecule has 0 saturated carbocycles. The number of fused-ring (bicyclic) bond motifs is 1. The lowest BCUT2D eigenvalue weighted by Gasteiger charge is -2.13. The summed E-state index contributed by atoms with van der Waals surface area (Å²) < 4.78 is 42.0. The number of ether oxygens (including phenoxy) is 3. The van der Waals surface area contributed by atoms with E-state index in [1.54, 1.807) is 7.05 Å². The normalized spacial score (nSPS) is 12.3. The van der Waals surface area contributed by atoms with Gasteiger partial charge < -0.3 is 24.8 Å². The lowest BCUT2D eigenvalue weighted by atomic mass is 10.1. The molecule has 0 amide bonds. The molecule has 152 valence electrons. The number of halogens is 3. The van der Waals surface area contributed by atoms with Crippen molar-refractivity contribution < 1.29 is 23.0 Å². The third kappa shape index (κ3) is 6.11. The Morgan fingerprint density at radius 1 is 1.04 bits per heavy atom. The lowest BCUT2D eigenvalue weighted by molar-refractivity contribution is 0.174. The Balaban J connectivity index is 0.00000280. The van der Waals surface area contributed by atoms with Crippen LogP contribution in [0.25, 0.3) is 0 Å². The number of hydrogen-bond acceptors (Lipinski definition) is 4. The van der Waals surface area contributed by atoms with Crippen LogP contribution in [0.3, 0.4) is 0 Å². The molecule has 1 heterocycles. The van der Waals surface area contributed by atoms with E-state index >= 15 is 0 Å². The summed E-state index contributed by atoms with van der Waals surface area (Å²) in [5, 5.41) is 6.30. The molecule has 0 spiro atoms. The first-order chi connectivity index (χ1) is 13.2. The van der Waals surface area contributed by atoms with Crippen LogP contribution in [-0.4, -0.2) is 39.5 Å². The van der Waals surface area contributed by atoms with Crippen molar-refractivity contribution in [3.63, 3.8) is 0 Å². The predicted molar refractivity (Wildman–Crippen MR) is 113 cm³/mol. The summed E-state index contributed by atoms with van der Waals surface area (Å²) in [4.78, 5) is 4.13. The SMILES string of the molecule is CN=C(NCCOc1ccc(F)c(F)c1)NCCc1ccc2c(c1)OCO2.I. The zero-order valence-corrected chi connectivity index (χ0v) is 17.7. The fraction of sp³-hybridized carbons (Fsp3) is 0.316. The maximum absolute atomic E-state index is 13.1. The van der Waals surface area contributed by atoms with Crippen molar-refractivity contribution in [2.24, 2.45) is 4.99 Å². The Hall–Kier alpha value is -2.30. The van der Waals surface area contributed by atoms with Gasteiger partial charge in [-0.25, -0.2) is 8.78 Å². The first-order valence-corrected chi connectivity index (χ1v) is 8.56. The monoisotopic (exact) mass is 505 g/mol. The van der Waals surface area contributed by atoms with E-state index in [0.717, 1.165) is 35.6 Å². The standard InChI is InChI=1S/C19H21F2N3O3.HI/c1-22-19(24-8-9-25-14-3-4-15(20)16(21)11-14)23-7-6-13-2-5-17-18(10-13)27-12-26-17;/h2-5,10-11H,6-9,12H2,1H3,(H2,22,23,24);1H. The summed E-state index contributed by atoms with van der Waals surface area (Å²) in [6.07, 6.45) is 0.794. The molecule has 1 aliphatic rings. The Morgan fingerprint density at radius 3 is 2.61 bits per heavy atom. The molecule has 2 aromatic carbocycles. The Bertz CT molecular complexity index is 821. The van der Waals surface area contributed by atoms with Crippen LogP contribution >= 0.6 is 24.0 Å². The zero-order valence-electron chi connectivity index (χ0n) is 15.3. The molecule has 2 N–H and O–H groups in total. The molecule has 0 atom stereocenters. The van der Waals surface area contributed by atoms with Crippen molar-refractivity contribution in [1.29, 1.82) is 0 Å². The molecular formula is C19H22F2IN3O3. The molecule has 1 aliphatic heterocycles. The molecule has 0 bridgehead atoms. The minimum Gasteiger partial charge on any atom is -0.492 e. The minimum atomic E-state index is -0.929. The second kappa shape index (κ2) is 10.9. The third-order valence-corrected chi connectivity index (χ3v) is 3.92. The van der Waals surface area contributed by atoms with Crippen molar-refractivity contribution in [2.45, 2.75) is 6.42 Å². The van der Waals surface area contributed by atoms with E-state index < -0.39 is 11.6 Å². The quantitative estimate of drug-likeness (QED) is 0.262. The van der Waals surface area contributed by atoms with Gasteiger partial charge in [-0.05, 0) is 36.2 Å². The van der Waals surface area contributed by atoms with Crippen LogP contribution in [0, 0.1) is 11.6 Å². The summed E-state index contributed by atoms with van der Waals surface area (Å²) in [5.41, 5.74) is 1.13. The summed E-state index contributed by atoms with van der Waals surface area (Å²) in [6, 6.07) is 9.32. The summed E-state index contributed by atoms with van der Waals surface area (Å²) in [7, 11) is 1.67. The van der Waals surface area contributed by atoms with Gasteiger partial charge in [0.1, 0.15) is 12.4 Å². The maximum Gasteiger partial charge on any atom is 0.231 e. The molecule has 0 radical (unpaired) electrons. The summed E-state index contributed by atoms with van der Waals surface area (Å²) >= 11 is 0. The molecule has 0 fully saturated rings. The smallest absolute Gasteiger partial charge is 0.231 e. The van der Waals surface area contributed by atoms with E-state index in [4.69, 9.17) is 14.2 Å². The van der Waals surface area contributed by atoms with Gasteiger partial charge in [-0.15, -0.1) is 24.0 Å². The van der Waals surface area contributed by atoms with E-state index in [0.29, 0.717) is 19.0 Å².